The van der Waals surface area contributed by atoms with Crippen molar-refractivity contribution < 1.29 is 10.2 Å². The molecule has 2 heteroatoms. The molecule has 2 N–H and O–H groups in total. The quantitative estimate of drug-likeness (QED) is 0.690. The first kappa shape index (κ1) is 13.1. The summed E-state index contributed by atoms with van der Waals surface area (Å²) in [6, 6.07) is 0. The predicted octanol–water partition coefficient (Wildman–Crippen LogP) is 2.75. The molecule has 0 aromatic heterocycles. The smallest absolute Gasteiger partial charge is 0.0642 e. The maximum absolute atomic E-state index is 10.6. The Labute approximate surface area is 105 Å². The molecule has 2 aliphatic rings. The van der Waals surface area contributed by atoms with Crippen LogP contribution in [0.1, 0.15) is 46.5 Å². The molecule has 0 bridgehead atoms. The maximum atomic E-state index is 10.6. The van der Waals surface area contributed by atoms with Crippen molar-refractivity contribution in [3.8, 4) is 0 Å². The molecule has 5 unspecified atom stereocenters. The van der Waals surface area contributed by atoms with Gasteiger partial charge in [-0.25, -0.2) is 0 Å². The van der Waals surface area contributed by atoms with Crippen molar-refractivity contribution in [2.24, 2.45) is 23.2 Å². The molecule has 0 saturated heterocycles. The topological polar surface area (TPSA) is 40.5 Å². The summed E-state index contributed by atoms with van der Waals surface area (Å²) in [5.74, 6) is 0.948. The van der Waals surface area contributed by atoms with E-state index in [4.69, 9.17) is 0 Å². The van der Waals surface area contributed by atoms with Gasteiger partial charge in [0.05, 0.1) is 12.2 Å². The third-order valence-electron chi connectivity index (χ3n) is 5.30. The average Bonchev–Trinajstić information content (AvgIpc) is 2.23. The average molecular weight is 238 g/mol. The first-order valence-corrected chi connectivity index (χ1v) is 6.91. The molecule has 2 aliphatic carbocycles. The molecule has 2 rings (SSSR count). The van der Waals surface area contributed by atoms with E-state index in [1.807, 2.05) is 0 Å². The van der Waals surface area contributed by atoms with Crippen molar-refractivity contribution in [1.29, 1.82) is 0 Å². The van der Waals surface area contributed by atoms with E-state index >= 15 is 0 Å². The first-order chi connectivity index (χ1) is 7.88. The third-order valence-corrected chi connectivity index (χ3v) is 5.30. The first-order valence-electron chi connectivity index (χ1n) is 6.91. The molecule has 0 aromatic rings. The summed E-state index contributed by atoms with van der Waals surface area (Å²) in [5.41, 5.74) is 0.996. The summed E-state index contributed by atoms with van der Waals surface area (Å²) in [6.07, 6.45) is 3.11. The van der Waals surface area contributed by atoms with Crippen LogP contribution in [0.5, 0.6) is 0 Å². The van der Waals surface area contributed by atoms with Gasteiger partial charge in [-0.15, -0.1) is 0 Å². The van der Waals surface area contributed by atoms with Gasteiger partial charge in [-0.3, -0.25) is 0 Å². The largest absolute Gasteiger partial charge is 0.393 e. The van der Waals surface area contributed by atoms with Gasteiger partial charge in [0.15, 0.2) is 0 Å². The fourth-order valence-corrected chi connectivity index (χ4v) is 4.06. The van der Waals surface area contributed by atoms with Gasteiger partial charge in [-0.1, -0.05) is 32.9 Å². The summed E-state index contributed by atoms with van der Waals surface area (Å²) in [7, 11) is 0. The van der Waals surface area contributed by atoms with Crippen LogP contribution in [0.25, 0.3) is 0 Å². The van der Waals surface area contributed by atoms with Gasteiger partial charge in [0.2, 0.25) is 0 Å². The minimum atomic E-state index is -0.323. The summed E-state index contributed by atoms with van der Waals surface area (Å²) in [5, 5.41) is 20.9. The lowest BCUT2D eigenvalue weighted by atomic mass is 9.53. The fourth-order valence-electron chi connectivity index (χ4n) is 4.06. The van der Waals surface area contributed by atoms with Gasteiger partial charge in [0.1, 0.15) is 0 Å². The second-order valence-electron chi connectivity index (χ2n) is 6.63. The molecule has 2 saturated carbocycles. The van der Waals surface area contributed by atoms with Crippen molar-refractivity contribution in [3.63, 3.8) is 0 Å². The van der Waals surface area contributed by atoms with E-state index in [0.29, 0.717) is 11.8 Å². The van der Waals surface area contributed by atoms with E-state index in [1.54, 1.807) is 0 Å². The number of aliphatic hydroxyl groups excluding tert-OH is 2. The van der Waals surface area contributed by atoms with Gasteiger partial charge < -0.3 is 10.2 Å². The molecule has 2 nitrogen and oxygen atoms in total. The maximum Gasteiger partial charge on any atom is 0.0642 e. The molecular formula is C15H26O2. The van der Waals surface area contributed by atoms with Crippen molar-refractivity contribution in [2.75, 3.05) is 0 Å². The number of fused-ring (bicyclic) bond motifs is 1. The van der Waals surface area contributed by atoms with E-state index in [2.05, 4.69) is 27.4 Å². The highest BCUT2D eigenvalue weighted by molar-refractivity contribution is 5.17. The SMILES string of the molecule is C=C1CCC(O)C2(C)CCC(C(C)C)C(O)C12. The van der Waals surface area contributed by atoms with Crippen LogP contribution in [0.2, 0.25) is 0 Å². The standard InChI is InChI=1S/C15H26O2/c1-9(2)11-7-8-15(4)12(16)6-5-10(3)13(15)14(11)17/h9,11-14,16-17H,3,5-8H2,1-2,4H3. The molecule has 0 radical (unpaired) electrons. The Kier molecular flexibility index (Phi) is 3.39. The van der Waals surface area contributed by atoms with Gasteiger partial charge in [-0.2, -0.15) is 0 Å². The second-order valence-corrected chi connectivity index (χ2v) is 6.63. The van der Waals surface area contributed by atoms with E-state index in [1.165, 1.54) is 0 Å². The van der Waals surface area contributed by atoms with Crippen LogP contribution in [-0.4, -0.2) is 22.4 Å². The monoisotopic (exact) mass is 238 g/mol. The normalized spacial score (nSPS) is 47.1. The van der Waals surface area contributed by atoms with E-state index in [9.17, 15) is 10.2 Å². The van der Waals surface area contributed by atoms with E-state index in [0.717, 1.165) is 31.3 Å². The molecule has 0 aliphatic heterocycles. The van der Waals surface area contributed by atoms with Crippen LogP contribution < -0.4 is 0 Å². The van der Waals surface area contributed by atoms with Crippen molar-refractivity contribution >= 4 is 0 Å². The van der Waals surface area contributed by atoms with Gasteiger partial charge >= 0.3 is 0 Å². The predicted molar refractivity (Wildman–Crippen MR) is 69.5 cm³/mol. The number of hydrogen-bond acceptors (Lipinski definition) is 2. The molecule has 5 atom stereocenters. The van der Waals surface area contributed by atoms with Gasteiger partial charge in [0, 0.05) is 11.3 Å². The second kappa shape index (κ2) is 4.40. The highest BCUT2D eigenvalue weighted by Gasteiger charge is 2.52. The lowest BCUT2D eigenvalue weighted by Gasteiger charge is -2.54. The molecule has 17 heavy (non-hydrogen) atoms. The minimum absolute atomic E-state index is 0.0902. The highest BCUT2D eigenvalue weighted by atomic mass is 16.3. The molecule has 98 valence electrons. The Hall–Kier alpha value is -0.340. The van der Waals surface area contributed by atoms with Crippen molar-refractivity contribution in [2.45, 2.75) is 58.7 Å². The highest BCUT2D eigenvalue weighted by Crippen LogP contribution is 2.54. The molecule has 2 fully saturated rings. The zero-order valence-electron chi connectivity index (χ0n) is 11.3. The minimum Gasteiger partial charge on any atom is -0.393 e. The van der Waals surface area contributed by atoms with Crippen LogP contribution in [0.15, 0.2) is 12.2 Å². The number of rotatable bonds is 1. The molecule has 0 spiro atoms. The zero-order chi connectivity index (χ0) is 12.8. The van der Waals surface area contributed by atoms with Crippen LogP contribution in [-0.2, 0) is 0 Å². The van der Waals surface area contributed by atoms with E-state index < -0.39 is 0 Å². The Morgan fingerprint density at radius 3 is 2.53 bits per heavy atom. The van der Waals surface area contributed by atoms with Crippen LogP contribution in [0, 0.1) is 23.2 Å². The van der Waals surface area contributed by atoms with Crippen molar-refractivity contribution in [3.05, 3.63) is 12.2 Å². The van der Waals surface area contributed by atoms with Crippen LogP contribution >= 0.6 is 0 Å². The van der Waals surface area contributed by atoms with Crippen LogP contribution in [0.3, 0.4) is 0 Å². The molecule has 0 heterocycles. The molecule has 0 amide bonds. The Morgan fingerprint density at radius 2 is 1.94 bits per heavy atom. The molecular weight excluding hydrogens is 212 g/mol. The summed E-state index contributed by atoms with van der Waals surface area (Å²) >= 11 is 0. The molecule has 0 aromatic carbocycles. The summed E-state index contributed by atoms with van der Waals surface area (Å²) in [4.78, 5) is 0. The van der Waals surface area contributed by atoms with Crippen molar-refractivity contribution in [1.82, 2.24) is 0 Å². The van der Waals surface area contributed by atoms with E-state index in [-0.39, 0.29) is 23.5 Å². The van der Waals surface area contributed by atoms with Gasteiger partial charge in [-0.05, 0) is 37.5 Å². The lowest BCUT2D eigenvalue weighted by molar-refractivity contribution is -0.120. The summed E-state index contributed by atoms with van der Waals surface area (Å²) < 4.78 is 0. The Bertz CT molecular complexity index is 310. The van der Waals surface area contributed by atoms with Crippen LogP contribution in [0.4, 0.5) is 0 Å². The number of aliphatic hydroxyl groups is 2. The Morgan fingerprint density at radius 1 is 1.29 bits per heavy atom. The Balaban J connectivity index is 2.29. The lowest BCUT2D eigenvalue weighted by Crippen LogP contribution is -2.54. The third kappa shape index (κ3) is 1.96. The fraction of sp³-hybridized carbons (Fsp3) is 0.867. The summed E-state index contributed by atoms with van der Waals surface area (Å²) in [6.45, 7) is 10.6. The zero-order valence-corrected chi connectivity index (χ0v) is 11.3. The van der Waals surface area contributed by atoms with Gasteiger partial charge in [0.25, 0.3) is 0 Å². The number of hydrogen-bond donors (Lipinski definition) is 2.